The van der Waals surface area contributed by atoms with Gasteiger partial charge >= 0.3 is 0 Å². The summed E-state index contributed by atoms with van der Waals surface area (Å²) in [5.74, 6) is 5.37. The molecule has 1 fully saturated rings. The monoisotopic (exact) mass is 406 g/mol. The van der Waals surface area contributed by atoms with Crippen molar-refractivity contribution in [3.05, 3.63) is 81.6 Å². The maximum absolute atomic E-state index is 13.5. The van der Waals surface area contributed by atoms with Crippen LogP contribution >= 0.6 is 11.6 Å². The zero-order valence-electron chi connectivity index (χ0n) is 16.3. The Morgan fingerprint density at radius 1 is 1.24 bits per heavy atom. The van der Waals surface area contributed by atoms with Gasteiger partial charge in [-0.1, -0.05) is 48.9 Å². The molecule has 1 aliphatic rings. The summed E-state index contributed by atoms with van der Waals surface area (Å²) in [6, 6.07) is 12.9. The van der Waals surface area contributed by atoms with E-state index in [1.54, 1.807) is 30.3 Å². The van der Waals surface area contributed by atoms with Gasteiger partial charge in [0.25, 0.3) is 5.91 Å². The lowest BCUT2D eigenvalue weighted by atomic mass is 9.78. The van der Waals surface area contributed by atoms with Gasteiger partial charge in [0.1, 0.15) is 5.82 Å². The van der Waals surface area contributed by atoms with E-state index in [4.69, 9.17) is 16.9 Å². The summed E-state index contributed by atoms with van der Waals surface area (Å²) < 4.78 is 13.5. The van der Waals surface area contributed by atoms with Crippen molar-refractivity contribution < 1.29 is 9.18 Å². The molecule has 146 valence electrons. The lowest BCUT2D eigenvalue weighted by Crippen LogP contribution is -2.44. The predicted molar refractivity (Wildman–Crippen MR) is 112 cm³/mol. The van der Waals surface area contributed by atoms with Crippen LogP contribution in [0.4, 0.5) is 4.39 Å². The van der Waals surface area contributed by atoms with E-state index in [0.717, 1.165) is 5.57 Å². The molecule has 0 aliphatic carbocycles. The van der Waals surface area contributed by atoms with Crippen LogP contribution in [0.3, 0.4) is 0 Å². The molecule has 1 aliphatic heterocycles. The average molecular weight is 407 g/mol. The summed E-state index contributed by atoms with van der Waals surface area (Å²) in [6.07, 6.45) is 2.55. The van der Waals surface area contributed by atoms with Gasteiger partial charge in [-0.2, -0.15) is 5.26 Å². The molecule has 2 aromatic carbocycles. The maximum Gasteiger partial charge on any atom is 0.253 e. The molecule has 29 heavy (non-hydrogen) atoms. The van der Waals surface area contributed by atoms with Gasteiger partial charge in [0.05, 0.1) is 11.6 Å². The molecule has 1 amide bonds. The molecule has 2 aromatic rings. The molecule has 3 nitrogen and oxygen atoms in total. The van der Waals surface area contributed by atoms with Crippen molar-refractivity contribution in [1.82, 2.24) is 4.90 Å². The second-order valence-corrected chi connectivity index (χ2v) is 8.09. The number of hydrogen-bond donors (Lipinski definition) is 0. The Morgan fingerprint density at radius 3 is 2.69 bits per heavy atom. The number of carbonyl (C=O) groups excluding carboxylic acids is 1. The standard InChI is InChI=1S/C24H20ClFN2O/c1-24(2)16-28(23(29)19-6-4-8-21(25)14-19)10-9-20(24)7-3-5-17-11-18(15-27)13-22(26)12-17/h4,6-8,11-14H,9-10,16H2,1-2H3/b20-7+. The molecule has 1 saturated heterocycles. The van der Waals surface area contributed by atoms with Gasteiger partial charge in [0, 0.05) is 34.7 Å². The number of rotatable bonds is 1. The van der Waals surface area contributed by atoms with E-state index in [2.05, 4.69) is 25.7 Å². The van der Waals surface area contributed by atoms with Crippen molar-refractivity contribution in [3.63, 3.8) is 0 Å². The molecule has 0 unspecified atom stereocenters. The van der Waals surface area contributed by atoms with Crippen molar-refractivity contribution in [2.24, 2.45) is 5.41 Å². The number of allylic oxidation sites excluding steroid dienone is 1. The fourth-order valence-electron chi connectivity index (χ4n) is 3.43. The van der Waals surface area contributed by atoms with E-state index in [1.807, 2.05) is 17.0 Å². The Kier molecular flexibility index (Phi) is 6.06. The molecule has 3 rings (SSSR count). The van der Waals surface area contributed by atoms with Crippen LogP contribution in [0.15, 0.2) is 54.1 Å². The Balaban J connectivity index is 1.75. The second-order valence-electron chi connectivity index (χ2n) is 7.65. The predicted octanol–water partition coefficient (Wildman–Crippen LogP) is 5.20. The highest BCUT2D eigenvalue weighted by Gasteiger charge is 2.33. The van der Waals surface area contributed by atoms with Crippen LogP contribution in [0, 0.1) is 34.4 Å². The minimum absolute atomic E-state index is 0.0329. The van der Waals surface area contributed by atoms with E-state index in [9.17, 15) is 9.18 Å². The smallest absolute Gasteiger partial charge is 0.253 e. The zero-order valence-corrected chi connectivity index (χ0v) is 17.1. The second kappa shape index (κ2) is 8.52. The van der Waals surface area contributed by atoms with E-state index >= 15 is 0 Å². The van der Waals surface area contributed by atoms with Crippen molar-refractivity contribution >= 4 is 17.5 Å². The summed E-state index contributed by atoms with van der Waals surface area (Å²) >= 11 is 6.01. The molecule has 5 heteroatoms. The van der Waals surface area contributed by atoms with Gasteiger partial charge in [0.2, 0.25) is 0 Å². The number of hydrogen-bond acceptors (Lipinski definition) is 2. The highest BCUT2D eigenvalue weighted by atomic mass is 35.5. The fourth-order valence-corrected chi connectivity index (χ4v) is 3.62. The first-order valence-electron chi connectivity index (χ1n) is 9.25. The topological polar surface area (TPSA) is 44.1 Å². The first-order chi connectivity index (χ1) is 13.8. The highest BCUT2D eigenvalue weighted by molar-refractivity contribution is 6.30. The molecule has 0 N–H and O–H groups in total. The number of piperidine rings is 1. The molecular weight excluding hydrogens is 387 g/mol. The molecule has 0 saturated carbocycles. The Morgan fingerprint density at radius 2 is 2.00 bits per heavy atom. The van der Waals surface area contributed by atoms with Gasteiger partial charge in [0.15, 0.2) is 0 Å². The first-order valence-corrected chi connectivity index (χ1v) is 9.63. The minimum atomic E-state index is -0.478. The maximum atomic E-state index is 13.5. The number of likely N-dealkylation sites (tertiary alicyclic amines) is 1. The highest BCUT2D eigenvalue weighted by Crippen LogP contribution is 2.34. The third kappa shape index (κ3) is 5.05. The lowest BCUT2D eigenvalue weighted by molar-refractivity contribution is 0.0663. The molecule has 0 spiro atoms. The van der Waals surface area contributed by atoms with Crippen LogP contribution in [0.25, 0.3) is 0 Å². The van der Waals surface area contributed by atoms with Crippen LogP contribution < -0.4 is 0 Å². The van der Waals surface area contributed by atoms with Crippen molar-refractivity contribution in [2.75, 3.05) is 13.1 Å². The molecule has 0 aromatic heterocycles. The van der Waals surface area contributed by atoms with Gasteiger partial charge in [-0.05, 0) is 48.9 Å². The third-order valence-corrected chi connectivity index (χ3v) is 5.19. The molecule has 0 bridgehead atoms. The van der Waals surface area contributed by atoms with E-state index < -0.39 is 5.82 Å². The number of amides is 1. The lowest BCUT2D eigenvalue weighted by Gasteiger charge is -2.40. The SMILES string of the molecule is CC1(C)CN(C(=O)c2cccc(Cl)c2)CC/C1=C\C#Cc1cc(F)cc(C#N)c1. The van der Waals surface area contributed by atoms with Crippen LogP contribution in [-0.2, 0) is 0 Å². The number of halogens is 2. The van der Waals surface area contributed by atoms with Crippen LogP contribution in [0.2, 0.25) is 5.02 Å². The summed E-state index contributed by atoms with van der Waals surface area (Å²) in [5, 5.41) is 9.48. The van der Waals surface area contributed by atoms with E-state index in [-0.39, 0.29) is 16.9 Å². The Labute approximate surface area is 175 Å². The van der Waals surface area contributed by atoms with Crippen LogP contribution in [-0.4, -0.2) is 23.9 Å². The van der Waals surface area contributed by atoms with Crippen LogP contribution in [0.1, 0.15) is 41.8 Å². The van der Waals surface area contributed by atoms with E-state index in [1.165, 1.54) is 12.1 Å². The van der Waals surface area contributed by atoms with Crippen molar-refractivity contribution in [1.29, 1.82) is 5.26 Å². The third-order valence-electron chi connectivity index (χ3n) is 4.96. The molecule has 0 radical (unpaired) electrons. The van der Waals surface area contributed by atoms with Gasteiger partial charge in [-0.25, -0.2) is 4.39 Å². The van der Waals surface area contributed by atoms with Crippen molar-refractivity contribution in [3.8, 4) is 17.9 Å². The number of nitriles is 1. The summed E-state index contributed by atoms with van der Waals surface area (Å²) in [7, 11) is 0. The normalized spacial score (nSPS) is 16.7. The van der Waals surface area contributed by atoms with Gasteiger partial charge in [-0.3, -0.25) is 4.79 Å². The molecule has 0 atom stereocenters. The van der Waals surface area contributed by atoms with Crippen LogP contribution in [0.5, 0.6) is 0 Å². The van der Waals surface area contributed by atoms with Crippen molar-refractivity contribution in [2.45, 2.75) is 20.3 Å². The molecular formula is C24H20ClFN2O. The number of nitrogens with zero attached hydrogens (tertiary/aromatic N) is 2. The minimum Gasteiger partial charge on any atom is -0.337 e. The van der Waals surface area contributed by atoms with Gasteiger partial charge < -0.3 is 4.90 Å². The largest absolute Gasteiger partial charge is 0.337 e. The Bertz CT molecular complexity index is 1090. The van der Waals surface area contributed by atoms with E-state index in [0.29, 0.717) is 35.7 Å². The quantitative estimate of drug-likeness (QED) is 0.611. The number of carbonyl (C=O) groups is 1. The number of benzene rings is 2. The zero-order chi connectivity index (χ0) is 21.0. The fraction of sp³-hybridized carbons (Fsp3) is 0.250. The summed E-state index contributed by atoms with van der Waals surface area (Å²) in [6.45, 7) is 5.33. The van der Waals surface area contributed by atoms with Gasteiger partial charge in [-0.15, -0.1) is 0 Å². The first kappa shape index (κ1) is 20.6. The summed E-state index contributed by atoms with van der Waals surface area (Å²) in [5.41, 5.74) is 2.19. The summed E-state index contributed by atoms with van der Waals surface area (Å²) in [4.78, 5) is 14.6. The average Bonchev–Trinajstić information content (AvgIpc) is 2.67. The molecule has 1 heterocycles. The Hall–Kier alpha value is -3.08.